The van der Waals surface area contributed by atoms with Gasteiger partial charge in [-0.15, -0.1) is 0 Å². The summed E-state index contributed by atoms with van der Waals surface area (Å²) in [4.78, 5) is 14.1. The van der Waals surface area contributed by atoms with Gasteiger partial charge >= 0.3 is 5.97 Å². The third-order valence-electron chi connectivity index (χ3n) is 3.46. The molecule has 17 heavy (non-hydrogen) atoms. The first-order chi connectivity index (χ1) is 8.24. The number of hydrogen-bond acceptors (Lipinski definition) is 4. The number of likely N-dealkylation sites (tertiary alicyclic amines) is 1. The molecule has 2 unspecified atom stereocenters. The highest BCUT2D eigenvalue weighted by Crippen LogP contribution is 2.25. The maximum absolute atomic E-state index is 11.9. The lowest BCUT2D eigenvalue weighted by molar-refractivity contribution is -0.150. The molecule has 1 aliphatic heterocycles. The first-order valence-corrected chi connectivity index (χ1v) is 6.77. The van der Waals surface area contributed by atoms with E-state index in [1.54, 1.807) is 0 Å². The van der Waals surface area contributed by atoms with Gasteiger partial charge in [-0.1, -0.05) is 6.92 Å². The summed E-state index contributed by atoms with van der Waals surface area (Å²) < 4.78 is 5.13. The van der Waals surface area contributed by atoms with E-state index in [4.69, 9.17) is 9.84 Å². The van der Waals surface area contributed by atoms with Crippen molar-refractivity contribution in [2.24, 2.45) is 0 Å². The second-order valence-corrected chi connectivity index (χ2v) is 4.58. The predicted molar refractivity (Wildman–Crippen MR) is 66.8 cm³/mol. The average molecular weight is 243 g/mol. The average Bonchev–Trinajstić information content (AvgIpc) is 2.76. The van der Waals surface area contributed by atoms with Crippen LogP contribution in [0, 0.1) is 0 Å². The summed E-state index contributed by atoms with van der Waals surface area (Å²) in [5, 5.41) is 8.89. The molecule has 0 amide bonds. The minimum atomic E-state index is -0.0962. The molecular weight excluding hydrogens is 218 g/mol. The van der Waals surface area contributed by atoms with Crippen LogP contribution in [0.3, 0.4) is 0 Å². The highest BCUT2D eigenvalue weighted by Gasteiger charge is 2.33. The van der Waals surface area contributed by atoms with E-state index >= 15 is 0 Å². The van der Waals surface area contributed by atoms with E-state index in [0.29, 0.717) is 12.6 Å². The first-order valence-electron chi connectivity index (χ1n) is 6.77. The number of carbonyl (C=O) groups excluding carboxylic acids is 1. The molecule has 0 spiro atoms. The van der Waals surface area contributed by atoms with Gasteiger partial charge in [0.05, 0.1) is 6.61 Å². The topological polar surface area (TPSA) is 49.8 Å². The van der Waals surface area contributed by atoms with Crippen LogP contribution in [-0.4, -0.2) is 47.8 Å². The third kappa shape index (κ3) is 3.96. The Hall–Kier alpha value is -0.610. The number of hydrogen-bond donors (Lipinski definition) is 1. The molecule has 1 heterocycles. The standard InChI is InChI=1S/C13H25NO3/c1-3-12(13(16)17-4-2)14-9-5-7-11(14)8-6-10-15/h11-12,15H,3-10H2,1-2H3. The van der Waals surface area contributed by atoms with Crippen LogP contribution in [-0.2, 0) is 9.53 Å². The lowest BCUT2D eigenvalue weighted by Crippen LogP contribution is -2.44. The second-order valence-electron chi connectivity index (χ2n) is 4.58. The molecule has 2 atom stereocenters. The van der Waals surface area contributed by atoms with Gasteiger partial charge in [-0.25, -0.2) is 0 Å². The van der Waals surface area contributed by atoms with Crippen molar-refractivity contribution in [2.45, 2.75) is 58.0 Å². The Labute approximate surface area is 104 Å². The van der Waals surface area contributed by atoms with Gasteiger partial charge in [0.15, 0.2) is 0 Å². The van der Waals surface area contributed by atoms with Crippen LogP contribution >= 0.6 is 0 Å². The Bertz CT molecular complexity index is 233. The molecule has 1 saturated heterocycles. The van der Waals surface area contributed by atoms with E-state index in [9.17, 15) is 4.79 Å². The van der Waals surface area contributed by atoms with Gasteiger partial charge in [-0.3, -0.25) is 9.69 Å². The number of esters is 1. The van der Waals surface area contributed by atoms with Crippen molar-refractivity contribution in [2.75, 3.05) is 19.8 Å². The number of aliphatic hydroxyl groups is 1. The van der Waals surface area contributed by atoms with Crippen molar-refractivity contribution in [3.05, 3.63) is 0 Å². The molecule has 4 heteroatoms. The molecule has 1 rings (SSSR count). The van der Waals surface area contributed by atoms with E-state index in [2.05, 4.69) is 4.90 Å². The van der Waals surface area contributed by atoms with Crippen LogP contribution in [0.1, 0.15) is 46.0 Å². The molecule has 0 aromatic carbocycles. The molecule has 1 fully saturated rings. The van der Waals surface area contributed by atoms with Crippen LogP contribution in [0.15, 0.2) is 0 Å². The van der Waals surface area contributed by atoms with Gasteiger partial charge in [0.1, 0.15) is 6.04 Å². The molecule has 0 aromatic heterocycles. The first kappa shape index (κ1) is 14.5. The van der Waals surface area contributed by atoms with Gasteiger partial charge in [0.25, 0.3) is 0 Å². The van der Waals surface area contributed by atoms with E-state index in [1.807, 2.05) is 13.8 Å². The number of ether oxygens (including phenoxy) is 1. The zero-order valence-corrected chi connectivity index (χ0v) is 11.0. The number of carbonyl (C=O) groups is 1. The maximum atomic E-state index is 11.9. The minimum absolute atomic E-state index is 0.0918. The molecule has 4 nitrogen and oxygen atoms in total. The Morgan fingerprint density at radius 1 is 1.53 bits per heavy atom. The number of aliphatic hydroxyl groups excluding tert-OH is 1. The highest BCUT2D eigenvalue weighted by atomic mass is 16.5. The van der Waals surface area contributed by atoms with Gasteiger partial charge in [0, 0.05) is 12.6 Å². The van der Waals surface area contributed by atoms with Gasteiger partial charge < -0.3 is 9.84 Å². The number of rotatable bonds is 7. The van der Waals surface area contributed by atoms with Crippen molar-refractivity contribution >= 4 is 5.97 Å². The van der Waals surface area contributed by atoms with E-state index in [-0.39, 0.29) is 18.6 Å². The minimum Gasteiger partial charge on any atom is -0.465 e. The van der Waals surface area contributed by atoms with Crippen LogP contribution in [0.5, 0.6) is 0 Å². The lowest BCUT2D eigenvalue weighted by Gasteiger charge is -2.30. The van der Waals surface area contributed by atoms with Crippen molar-refractivity contribution in [3.63, 3.8) is 0 Å². The van der Waals surface area contributed by atoms with Gasteiger partial charge in [0.2, 0.25) is 0 Å². The summed E-state index contributed by atoms with van der Waals surface area (Å²) in [6.45, 7) is 5.54. The summed E-state index contributed by atoms with van der Waals surface area (Å²) in [5.74, 6) is -0.0918. The molecule has 0 radical (unpaired) electrons. The lowest BCUT2D eigenvalue weighted by atomic mass is 10.1. The molecular formula is C13H25NO3. The maximum Gasteiger partial charge on any atom is 0.323 e. The van der Waals surface area contributed by atoms with Crippen LogP contribution < -0.4 is 0 Å². The fourth-order valence-corrected chi connectivity index (χ4v) is 2.68. The fraction of sp³-hybridized carbons (Fsp3) is 0.923. The summed E-state index contributed by atoms with van der Waals surface area (Å²) >= 11 is 0. The summed E-state index contributed by atoms with van der Waals surface area (Å²) in [7, 11) is 0. The summed E-state index contributed by atoms with van der Waals surface area (Å²) in [6.07, 6.45) is 4.88. The summed E-state index contributed by atoms with van der Waals surface area (Å²) in [5.41, 5.74) is 0. The smallest absolute Gasteiger partial charge is 0.323 e. The van der Waals surface area contributed by atoms with Crippen LogP contribution in [0.4, 0.5) is 0 Å². The molecule has 1 aliphatic rings. The van der Waals surface area contributed by atoms with E-state index < -0.39 is 0 Å². The quantitative estimate of drug-likeness (QED) is 0.689. The largest absolute Gasteiger partial charge is 0.465 e. The Morgan fingerprint density at radius 3 is 2.88 bits per heavy atom. The molecule has 0 aromatic rings. The van der Waals surface area contributed by atoms with Crippen molar-refractivity contribution in [1.82, 2.24) is 4.90 Å². The normalized spacial score (nSPS) is 22.6. The molecule has 0 bridgehead atoms. The Morgan fingerprint density at radius 2 is 2.29 bits per heavy atom. The SMILES string of the molecule is CCOC(=O)C(CC)N1CCCC1CCCO. The predicted octanol–water partition coefficient (Wildman–Crippen LogP) is 1.56. The molecule has 0 saturated carbocycles. The Kier molecular flexibility index (Phi) is 6.52. The van der Waals surface area contributed by atoms with Gasteiger partial charge in [-0.2, -0.15) is 0 Å². The Balaban J connectivity index is 2.56. The van der Waals surface area contributed by atoms with Gasteiger partial charge in [-0.05, 0) is 45.6 Å². The monoisotopic (exact) mass is 243 g/mol. The van der Waals surface area contributed by atoms with Crippen LogP contribution in [0.2, 0.25) is 0 Å². The number of nitrogens with zero attached hydrogens (tertiary/aromatic N) is 1. The highest BCUT2D eigenvalue weighted by molar-refractivity contribution is 5.75. The molecule has 1 N–H and O–H groups in total. The van der Waals surface area contributed by atoms with Crippen molar-refractivity contribution in [3.8, 4) is 0 Å². The zero-order valence-electron chi connectivity index (χ0n) is 11.0. The fourth-order valence-electron chi connectivity index (χ4n) is 2.68. The second kappa shape index (κ2) is 7.67. The summed E-state index contributed by atoms with van der Waals surface area (Å²) in [6, 6.07) is 0.345. The van der Waals surface area contributed by atoms with Crippen molar-refractivity contribution < 1.29 is 14.6 Å². The van der Waals surface area contributed by atoms with Crippen LogP contribution in [0.25, 0.3) is 0 Å². The van der Waals surface area contributed by atoms with E-state index in [1.165, 1.54) is 0 Å². The molecule has 0 aliphatic carbocycles. The molecule has 100 valence electrons. The zero-order chi connectivity index (χ0) is 12.7. The van der Waals surface area contributed by atoms with Crippen molar-refractivity contribution in [1.29, 1.82) is 0 Å². The van der Waals surface area contributed by atoms with E-state index in [0.717, 1.165) is 38.6 Å². The third-order valence-corrected chi connectivity index (χ3v) is 3.46.